The van der Waals surface area contributed by atoms with Crippen molar-refractivity contribution in [3.63, 3.8) is 0 Å². The van der Waals surface area contributed by atoms with Gasteiger partial charge in [0.25, 0.3) is 0 Å². The number of carboxylic acids is 1. The zero-order chi connectivity index (χ0) is 50.7. The van der Waals surface area contributed by atoms with Gasteiger partial charge in [-0.15, -0.1) is 0 Å². The SMILES string of the molecule is CC(=O)CCOCCC[Si]12O[Si@](C)(O[Si@@](C)(O[Si](C)(C)O[Si](C)(C)O)O1)O[Si@](C)(O[Si@@](C)(O)O[Si](C)(C)O[Si@@]1(C)O[Si](O)(CCCOCCC(=O)O)O[Si@@](C)(O[Si](C)(C)O[Si](C)(C)O)O1)O2. The molecule has 0 radical (unpaired) electrons. The number of hydrogen-bond donors (Lipinski definition) is 5. The van der Waals surface area contributed by atoms with Crippen molar-refractivity contribution in [2.24, 2.45) is 0 Å². The fourth-order valence-electron chi connectivity index (χ4n) is 7.88. The first-order chi connectivity index (χ1) is 29.4. The summed E-state index contributed by atoms with van der Waals surface area (Å²) in [7, 11) is -47.8. The number of rotatable bonds is 28. The number of ketones is 1. The van der Waals surface area contributed by atoms with Crippen molar-refractivity contribution in [2.45, 2.75) is 149 Å². The monoisotopic (exact) mass is 1170 g/mol. The first-order valence-electron chi connectivity index (χ1n) is 21.7. The van der Waals surface area contributed by atoms with Crippen LogP contribution < -0.4 is 0 Å². The highest BCUT2D eigenvalue weighted by Crippen LogP contribution is 2.45. The van der Waals surface area contributed by atoms with Crippen LogP contribution in [-0.4, -0.2) is 176 Å². The molecular weight excluding hydrogens is 1100 g/mol. The fraction of sp³-hybridized carbons (Fsp3) is 0.931. The molecule has 0 amide bonds. The van der Waals surface area contributed by atoms with Crippen LogP contribution in [0.2, 0.25) is 117 Å². The largest absolute Gasteiger partial charge is 0.483 e. The lowest BCUT2D eigenvalue weighted by atomic mass is 10.3. The molecular formula is C29H76O24Si13. The average Bonchev–Trinajstić information content (AvgIpc) is 2.96. The molecule has 3 saturated heterocycles. The Morgan fingerprint density at radius 2 is 0.894 bits per heavy atom. The minimum Gasteiger partial charge on any atom is -0.481 e. The van der Waals surface area contributed by atoms with Crippen LogP contribution in [0.1, 0.15) is 32.6 Å². The van der Waals surface area contributed by atoms with Crippen molar-refractivity contribution >= 4 is 125 Å². The Labute approximate surface area is 403 Å². The zero-order valence-electron chi connectivity index (χ0n) is 41.6. The lowest BCUT2D eigenvalue weighted by molar-refractivity contribution is -0.138. The normalized spacial score (nSPS) is 33.4. The molecule has 2 bridgehead atoms. The third-order valence-electron chi connectivity index (χ3n) is 8.53. The minimum absolute atomic E-state index is 0.000687. The molecule has 3 rings (SSSR count). The maximum Gasteiger partial charge on any atom is 0.483 e. The van der Waals surface area contributed by atoms with E-state index in [1.165, 1.54) is 13.5 Å². The Hall–Kier alpha value is 1.12. The third kappa shape index (κ3) is 21.7. The van der Waals surface area contributed by atoms with Gasteiger partial charge in [0, 0.05) is 71.0 Å². The van der Waals surface area contributed by atoms with E-state index in [0.29, 0.717) is 6.42 Å². The van der Waals surface area contributed by atoms with Crippen molar-refractivity contribution in [2.75, 3.05) is 26.4 Å². The number of aliphatic carboxylic acids is 1. The van der Waals surface area contributed by atoms with Gasteiger partial charge in [0.1, 0.15) is 5.78 Å². The minimum atomic E-state index is -4.34. The predicted octanol–water partition coefficient (Wildman–Crippen LogP) is 3.31. The number of carbonyl (C=O) groups is 2. The highest BCUT2D eigenvalue weighted by Gasteiger charge is 2.74. The number of carboxylic acid groups (broad SMARTS) is 1. The van der Waals surface area contributed by atoms with Crippen molar-refractivity contribution < 1.29 is 105 Å². The number of ether oxygens (including phenoxy) is 2. The molecule has 388 valence electrons. The molecule has 0 aromatic heterocycles. The van der Waals surface area contributed by atoms with Gasteiger partial charge in [0.15, 0.2) is 0 Å². The molecule has 3 fully saturated rings. The van der Waals surface area contributed by atoms with Gasteiger partial charge in [-0.25, -0.2) is 0 Å². The molecule has 37 heteroatoms. The van der Waals surface area contributed by atoms with Gasteiger partial charge in [0.05, 0.1) is 19.6 Å². The summed E-state index contributed by atoms with van der Waals surface area (Å²) in [5, 5.41) is 8.96. The first-order valence-corrected chi connectivity index (χ1v) is 53.2. The van der Waals surface area contributed by atoms with Gasteiger partial charge in [0.2, 0.25) is 0 Å². The lowest BCUT2D eigenvalue weighted by Gasteiger charge is -2.56. The summed E-state index contributed by atoms with van der Waals surface area (Å²) in [5.41, 5.74) is 0. The van der Waals surface area contributed by atoms with Crippen molar-refractivity contribution in [1.82, 2.24) is 0 Å². The number of carbonyl (C=O) groups excluding carboxylic acids is 1. The molecule has 3 heterocycles. The van der Waals surface area contributed by atoms with Crippen molar-refractivity contribution in [1.29, 1.82) is 0 Å². The van der Waals surface area contributed by atoms with E-state index in [0.717, 1.165) is 0 Å². The van der Waals surface area contributed by atoms with E-state index < -0.39 is 119 Å². The third-order valence-corrected chi connectivity index (χ3v) is 57.8. The molecule has 0 aliphatic carbocycles. The fourth-order valence-corrected chi connectivity index (χ4v) is 69.8. The number of Topliss-reactive ketones (excluding diaryl/α,β-unsaturated/α-hetero) is 1. The average molecular weight is 1170 g/mol. The molecule has 0 aromatic carbocycles. The molecule has 66 heavy (non-hydrogen) atoms. The molecule has 0 spiro atoms. The van der Waals surface area contributed by atoms with Gasteiger partial charge in [-0.3, -0.25) is 9.59 Å². The Balaban J connectivity index is 1.89. The van der Waals surface area contributed by atoms with E-state index in [4.69, 9.17) is 76.3 Å². The summed E-state index contributed by atoms with van der Waals surface area (Å²) in [6.45, 7) is 28.3. The molecule has 3 aliphatic heterocycles. The first kappa shape index (κ1) is 61.4. The predicted molar refractivity (Wildman–Crippen MR) is 262 cm³/mol. The van der Waals surface area contributed by atoms with Gasteiger partial charge in [-0.05, 0) is 85.2 Å². The Morgan fingerprint density at radius 3 is 1.32 bits per heavy atom. The summed E-state index contributed by atoms with van der Waals surface area (Å²) in [6, 6.07) is 0.194. The second-order valence-electron chi connectivity index (χ2n) is 19.3. The molecule has 0 saturated carbocycles. The maximum atomic E-state index is 12.1. The smallest absolute Gasteiger partial charge is 0.481 e. The number of fused-ring (bicyclic) bond motifs is 2. The van der Waals surface area contributed by atoms with Crippen LogP contribution in [0.15, 0.2) is 0 Å². The molecule has 24 nitrogen and oxygen atoms in total. The van der Waals surface area contributed by atoms with Crippen LogP contribution in [0.4, 0.5) is 0 Å². The van der Waals surface area contributed by atoms with Gasteiger partial charge >= 0.3 is 119 Å². The second kappa shape index (κ2) is 22.3. The molecule has 2 unspecified atom stereocenters. The summed E-state index contributed by atoms with van der Waals surface area (Å²) in [4.78, 5) is 67.8. The molecule has 3 aliphatic rings. The zero-order valence-corrected chi connectivity index (χ0v) is 54.6. The lowest BCUT2D eigenvalue weighted by Crippen LogP contribution is -2.81. The Kier molecular flexibility index (Phi) is 20.8. The van der Waals surface area contributed by atoms with E-state index >= 15 is 0 Å². The molecule has 8 atom stereocenters. The van der Waals surface area contributed by atoms with Crippen LogP contribution >= 0.6 is 0 Å². The summed E-state index contributed by atoms with van der Waals surface area (Å²) < 4.78 is 108. The standard InChI is InChI=1S/C29H76O24Si13/c1-28(30)20-24-37-23-19-27-66-51-62(15,43-57(8,9)40-55(4,5)34)47-64(17,53-66)48-63(16,52-66)45-59(12,35)41-58(10,11)44-61(14)46-60(13,42-56(6,7)39-54(2,3)33)49-65(36,50-61)26-18-22-38-25-21-29(31)32/h33-36H,18-27H2,1-17H3,(H,31,32)/t59-,60-,61+,62+,63-,64+,65?,66?/m0/s1. The quantitative estimate of drug-likeness (QED) is 0.0555. The van der Waals surface area contributed by atoms with E-state index in [2.05, 4.69) is 0 Å². The van der Waals surface area contributed by atoms with Gasteiger partial charge < -0.3 is 95.5 Å². The van der Waals surface area contributed by atoms with Crippen LogP contribution in [-0.2, 0) is 80.8 Å². The van der Waals surface area contributed by atoms with E-state index in [9.17, 15) is 28.8 Å². The number of hydrogen-bond acceptors (Lipinski definition) is 23. The highest BCUT2D eigenvalue weighted by molar-refractivity contribution is 6.99. The van der Waals surface area contributed by atoms with Crippen LogP contribution in [0.5, 0.6) is 0 Å². The summed E-state index contributed by atoms with van der Waals surface area (Å²) in [6.07, 6.45) is 0.716. The summed E-state index contributed by atoms with van der Waals surface area (Å²) in [5.74, 6) is -1.00. The second-order valence-corrected chi connectivity index (χ2v) is 59.9. The van der Waals surface area contributed by atoms with Gasteiger partial charge in [-0.1, -0.05) is 0 Å². The Bertz CT molecular complexity index is 1660. The van der Waals surface area contributed by atoms with Crippen LogP contribution in [0.3, 0.4) is 0 Å². The molecule has 5 N–H and O–H groups in total. The maximum absolute atomic E-state index is 12.1. The summed E-state index contributed by atoms with van der Waals surface area (Å²) >= 11 is 0. The topological polar surface area (TPSA) is 292 Å². The van der Waals surface area contributed by atoms with Gasteiger partial charge in [-0.2, -0.15) is 0 Å². The Morgan fingerprint density at radius 1 is 0.500 bits per heavy atom. The van der Waals surface area contributed by atoms with E-state index in [-0.39, 0.29) is 63.6 Å². The van der Waals surface area contributed by atoms with Crippen molar-refractivity contribution in [3.8, 4) is 0 Å². The van der Waals surface area contributed by atoms with Crippen molar-refractivity contribution in [3.05, 3.63) is 0 Å². The van der Waals surface area contributed by atoms with Crippen LogP contribution in [0.25, 0.3) is 0 Å². The van der Waals surface area contributed by atoms with Crippen LogP contribution in [0, 0.1) is 0 Å². The van der Waals surface area contributed by atoms with E-state index in [1.54, 1.807) is 98.2 Å². The highest BCUT2D eigenvalue weighted by atomic mass is 28.6. The van der Waals surface area contributed by atoms with E-state index in [1.807, 2.05) is 0 Å². The molecule has 0 aromatic rings.